The Labute approximate surface area is 94.8 Å². The van der Waals surface area contributed by atoms with Crippen LogP contribution in [0.3, 0.4) is 0 Å². The molecule has 4 nitrogen and oxygen atoms in total. The van der Waals surface area contributed by atoms with Crippen LogP contribution in [0.1, 0.15) is 5.69 Å². The fourth-order valence-corrected chi connectivity index (χ4v) is 1.41. The third-order valence-electron chi connectivity index (χ3n) is 2.39. The van der Waals surface area contributed by atoms with Crippen LogP contribution in [0.5, 0.6) is 0 Å². The molecule has 0 radical (unpaired) electrons. The first-order valence-corrected chi connectivity index (χ1v) is 5.11. The summed E-state index contributed by atoms with van der Waals surface area (Å²) in [5, 5.41) is 0. The normalized spacial score (nSPS) is 10.1. The van der Waals surface area contributed by atoms with Gasteiger partial charge in [0.05, 0.1) is 18.1 Å². The number of benzene rings is 1. The van der Waals surface area contributed by atoms with E-state index in [4.69, 9.17) is 5.73 Å². The van der Waals surface area contributed by atoms with Gasteiger partial charge in [0.2, 0.25) is 0 Å². The van der Waals surface area contributed by atoms with Gasteiger partial charge in [-0.25, -0.2) is 4.98 Å². The monoisotopic (exact) mass is 214 g/mol. The number of hydrogen-bond donors (Lipinski definition) is 1. The third kappa shape index (κ3) is 2.17. The van der Waals surface area contributed by atoms with Crippen molar-refractivity contribution >= 4 is 11.5 Å². The second-order valence-corrected chi connectivity index (χ2v) is 3.46. The molecule has 0 aliphatic heterocycles. The van der Waals surface area contributed by atoms with Crippen LogP contribution in [0.25, 0.3) is 0 Å². The lowest BCUT2D eigenvalue weighted by Gasteiger charge is -2.17. The van der Waals surface area contributed by atoms with Crippen LogP contribution in [-0.2, 0) is 6.54 Å². The van der Waals surface area contributed by atoms with Crippen molar-refractivity contribution in [3.63, 3.8) is 0 Å². The molecule has 2 rings (SSSR count). The molecule has 0 spiro atoms. The van der Waals surface area contributed by atoms with E-state index in [-0.39, 0.29) is 0 Å². The van der Waals surface area contributed by atoms with E-state index >= 15 is 0 Å². The molecule has 0 aliphatic rings. The molecule has 1 heterocycles. The molecular weight excluding hydrogens is 200 g/mol. The van der Waals surface area contributed by atoms with Gasteiger partial charge in [-0.15, -0.1) is 0 Å². The molecule has 0 unspecified atom stereocenters. The second kappa shape index (κ2) is 4.72. The number of aromatic nitrogens is 2. The molecule has 16 heavy (non-hydrogen) atoms. The van der Waals surface area contributed by atoms with Crippen molar-refractivity contribution in [1.82, 2.24) is 9.97 Å². The average Bonchev–Trinajstić information content (AvgIpc) is 2.39. The molecule has 0 fully saturated rings. The summed E-state index contributed by atoms with van der Waals surface area (Å²) < 4.78 is 0. The van der Waals surface area contributed by atoms with Crippen LogP contribution in [0, 0.1) is 0 Å². The van der Waals surface area contributed by atoms with Crippen molar-refractivity contribution in [2.75, 3.05) is 11.9 Å². The SMILES string of the molecule is CN(c1ccccc1)c1cnc(CN)cn1. The summed E-state index contributed by atoms with van der Waals surface area (Å²) in [6.07, 6.45) is 3.43. The van der Waals surface area contributed by atoms with Gasteiger partial charge in [-0.05, 0) is 12.1 Å². The Morgan fingerprint density at radius 3 is 2.44 bits per heavy atom. The van der Waals surface area contributed by atoms with E-state index in [1.54, 1.807) is 12.4 Å². The van der Waals surface area contributed by atoms with Gasteiger partial charge in [-0.2, -0.15) is 0 Å². The van der Waals surface area contributed by atoms with Crippen molar-refractivity contribution in [3.05, 3.63) is 48.4 Å². The Balaban J connectivity index is 2.24. The van der Waals surface area contributed by atoms with E-state index in [1.807, 2.05) is 42.3 Å². The zero-order valence-electron chi connectivity index (χ0n) is 9.17. The largest absolute Gasteiger partial charge is 0.328 e. The second-order valence-electron chi connectivity index (χ2n) is 3.46. The minimum Gasteiger partial charge on any atom is -0.328 e. The molecule has 82 valence electrons. The summed E-state index contributed by atoms with van der Waals surface area (Å²) in [6.45, 7) is 0.419. The lowest BCUT2D eigenvalue weighted by molar-refractivity contribution is 0.952. The maximum Gasteiger partial charge on any atom is 0.151 e. The predicted molar refractivity (Wildman–Crippen MR) is 64.4 cm³/mol. The van der Waals surface area contributed by atoms with Crippen LogP contribution in [-0.4, -0.2) is 17.0 Å². The van der Waals surface area contributed by atoms with Crippen LogP contribution < -0.4 is 10.6 Å². The van der Waals surface area contributed by atoms with Crippen molar-refractivity contribution in [3.8, 4) is 0 Å². The Morgan fingerprint density at radius 1 is 1.12 bits per heavy atom. The average molecular weight is 214 g/mol. The minimum absolute atomic E-state index is 0.419. The van der Waals surface area contributed by atoms with E-state index in [0.717, 1.165) is 17.2 Å². The van der Waals surface area contributed by atoms with Gasteiger partial charge in [0.1, 0.15) is 0 Å². The summed E-state index contributed by atoms with van der Waals surface area (Å²) >= 11 is 0. The summed E-state index contributed by atoms with van der Waals surface area (Å²) in [7, 11) is 1.96. The maximum absolute atomic E-state index is 5.47. The molecule has 0 saturated carbocycles. The van der Waals surface area contributed by atoms with E-state index < -0.39 is 0 Å². The molecule has 4 heteroatoms. The fourth-order valence-electron chi connectivity index (χ4n) is 1.41. The van der Waals surface area contributed by atoms with E-state index in [0.29, 0.717) is 6.54 Å². The van der Waals surface area contributed by atoms with Crippen LogP contribution in [0.2, 0.25) is 0 Å². The van der Waals surface area contributed by atoms with Gasteiger partial charge in [0.15, 0.2) is 5.82 Å². The van der Waals surface area contributed by atoms with Gasteiger partial charge in [-0.1, -0.05) is 18.2 Å². The number of hydrogen-bond acceptors (Lipinski definition) is 4. The topological polar surface area (TPSA) is 55.0 Å². The number of nitrogens with two attached hydrogens (primary N) is 1. The molecular formula is C12H14N4. The van der Waals surface area contributed by atoms with E-state index in [2.05, 4.69) is 9.97 Å². The number of rotatable bonds is 3. The Kier molecular flexibility index (Phi) is 3.12. The van der Waals surface area contributed by atoms with E-state index in [9.17, 15) is 0 Å². The summed E-state index contributed by atoms with van der Waals surface area (Å²) in [5.41, 5.74) is 7.35. The van der Waals surface area contributed by atoms with Crippen molar-refractivity contribution in [2.45, 2.75) is 6.54 Å². The Morgan fingerprint density at radius 2 is 1.88 bits per heavy atom. The van der Waals surface area contributed by atoms with Gasteiger partial charge in [0.25, 0.3) is 0 Å². The zero-order chi connectivity index (χ0) is 11.4. The molecule has 0 saturated heterocycles. The van der Waals surface area contributed by atoms with Crippen LogP contribution >= 0.6 is 0 Å². The number of nitrogens with zero attached hydrogens (tertiary/aromatic N) is 3. The highest BCUT2D eigenvalue weighted by molar-refractivity contribution is 5.57. The lowest BCUT2D eigenvalue weighted by atomic mass is 10.3. The fraction of sp³-hybridized carbons (Fsp3) is 0.167. The summed E-state index contributed by atoms with van der Waals surface area (Å²) in [4.78, 5) is 10.5. The highest BCUT2D eigenvalue weighted by atomic mass is 15.2. The summed E-state index contributed by atoms with van der Waals surface area (Å²) in [6, 6.07) is 10.0. The molecule has 0 bridgehead atoms. The van der Waals surface area contributed by atoms with Gasteiger partial charge in [0, 0.05) is 19.3 Å². The molecule has 1 aromatic heterocycles. The minimum atomic E-state index is 0.419. The first kappa shape index (κ1) is 10.6. The van der Waals surface area contributed by atoms with Crippen molar-refractivity contribution in [2.24, 2.45) is 5.73 Å². The van der Waals surface area contributed by atoms with Gasteiger partial charge in [-0.3, -0.25) is 4.98 Å². The highest BCUT2D eigenvalue weighted by Crippen LogP contribution is 2.19. The highest BCUT2D eigenvalue weighted by Gasteiger charge is 2.04. The molecule has 2 aromatic rings. The van der Waals surface area contributed by atoms with Gasteiger partial charge >= 0.3 is 0 Å². The van der Waals surface area contributed by atoms with Crippen molar-refractivity contribution in [1.29, 1.82) is 0 Å². The molecule has 0 atom stereocenters. The molecule has 1 aromatic carbocycles. The first-order chi connectivity index (χ1) is 7.81. The summed E-state index contributed by atoms with van der Waals surface area (Å²) in [5.74, 6) is 0.809. The Bertz CT molecular complexity index is 438. The predicted octanol–water partition coefficient (Wildman–Crippen LogP) is 1.70. The van der Waals surface area contributed by atoms with Crippen LogP contribution in [0.15, 0.2) is 42.7 Å². The standard InChI is InChI=1S/C12H14N4/c1-16(11-5-3-2-4-6-11)12-9-14-10(7-13)8-15-12/h2-6,8-9H,7,13H2,1H3. The zero-order valence-corrected chi connectivity index (χ0v) is 9.17. The van der Waals surface area contributed by atoms with Crippen molar-refractivity contribution < 1.29 is 0 Å². The molecule has 0 amide bonds. The van der Waals surface area contributed by atoms with Gasteiger partial charge < -0.3 is 10.6 Å². The molecule has 2 N–H and O–H groups in total. The Hall–Kier alpha value is -1.94. The maximum atomic E-state index is 5.47. The number of para-hydroxylation sites is 1. The molecule has 0 aliphatic carbocycles. The van der Waals surface area contributed by atoms with E-state index in [1.165, 1.54) is 0 Å². The number of anilines is 2. The van der Waals surface area contributed by atoms with Crippen LogP contribution in [0.4, 0.5) is 11.5 Å². The quantitative estimate of drug-likeness (QED) is 0.845. The lowest BCUT2D eigenvalue weighted by Crippen LogP contribution is -2.12. The smallest absolute Gasteiger partial charge is 0.151 e. The third-order valence-corrected chi connectivity index (χ3v) is 2.39. The first-order valence-electron chi connectivity index (χ1n) is 5.11.